The Bertz CT molecular complexity index is 628. The van der Waals surface area contributed by atoms with E-state index in [-0.39, 0.29) is 18.6 Å². The van der Waals surface area contributed by atoms with Crippen LogP contribution in [0.25, 0.3) is 0 Å². The molecule has 0 spiro atoms. The van der Waals surface area contributed by atoms with E-state index in [4.69, 9.17) is 4.74 Å². The van der Waals surface area contributed by atoms with Crippen LogP contribution in [0.2, 0.25) is 0 Å². The molecule has 130 valence electrons. The predicted molar refractivity (Wildman–Crippen MR) is 95.4 cm³/mol. The number of esters is 1. The number of nitrogens with one attached hydrogen (secondary N) is 3. The lowest BCUT2D eigenvalue weighted by molar-refractivity contribution is -0.138. The molecule has 24 heavy (non-hydrogen) atoms. The summed E-state index contributed by atoms with van der Waals surface area (Å²) in [6, 6.07) is 7.90. The van der Waals surface area contributed by atoms with Crippen molar-refractivity contribution in [3.05, 3.63) is 45.6 Å². The number of hydrogen-bond acceptors (Lipinski definition) is 4. The summed E-state index contributed by atoms with van der Waals surface area (Å²) in [4.78, 5) is 23.6. The Balaban J connectivity index is 2.11. The van der Waals surface area contributed by atoms with Crippen molar-refractivity contribution in [1.29, 1.82) is 0 Å². The summed E-state index contributed by atoms with van der Waals surface area (Å²) in [6.45, 7) is 4.70. The monoisotopic (exact) mass is 395 g/mol. The Labute approximate surface area is 150 Å². The second-order valence-corrected chi connectivity index (χ2v) is 6.29. The van der Waals surface area contributed by atoms with Crippen molar-refractivity contribution in [1.82, 2.24) is 16.0 Å². The maximum atomic E-state index is 12.0. The minimum atomic E-state index is -0.404. The molecule has 1 atom stereocenters. The molecule has 0 bridgehead atoms. The number of benzene rings is 1. The molecule has 7 heteroatoms. The average Bonchev–Trinajstić information content (AvgIpc) is 2.57. The molecule has 0 saturated heterocycles. The molecule has 1 aliphatic heterocycles. The fourth-order valence-corrected chi connectivity index (χ4v) is 2.78. The predicted octanol–water partition coefficient (Wildman–Crippen LogP) is 2.62. The summed E-state index contributed by atoms with van der Waals surface area (Å²) < 4.78 is 6.08. The molecule has 6 nitrogen and oxygen atoms in total. The number of halogens is 1. The van der Waals surface area contributed by atoms with E-state index in [9.17, 15) is 9.59 Å². The zero-order valence-corrected chi connectivity index (χ0v) is 15.4. The molecule has 1 heterocycles. The SMILES string of the molecule is CCOC(=O)C1=C(CN[C@H](CC)c2ccc(Br)cc2)NC(=O)NC1. The molecular weight excluding hydrogens is 374 g/mol. The highest BCUT2D eigenvalue weighted by Crippen LogP contribution is 2.20. The van der Waals surface area contributed by atoms with Crippen LogP contribution in [0.4, 0.5) is 4.79 Å². The van der Waals surface area contributed by atoms with E-state index in [0.717, 1.165) is 16.5 Å². The number of carbonyl (C=O) groups is 2. The van der Waals surface area contributed by atoms with E-state index >= 15 is 0 Å². The minimum Gasteiger partial charge on any atom is -0.463 e. The van der Waals surface area contributed by atoms with Crippen LogP contribution >= 0.6 is 15.9 Å². The van der Waals surface area contributed by atoms with Gasteiger partial charge < -0.3 is 20.7 Å². The molecule has 1 aliphatic rings. The normalized spacial score (nSPS) is 15.5. The van der Waals surface area contributed by atoms with Crippen LogP contribution in [0.3, 0.4) is 0 Å². The van der Waals surface area contributed by atoms with Crippen molar-refractivity contribution in [3.63, 3.8) is 0 Å². The number of urea groups is 1. The summed E-state index contributed by atoms with van der Waals surface area (Å²) in [5, 5.41) is 8.70. The Hall–Kier alpha value is -1.86. The van der Waals surface area contributed by atoms with E-state index in [2.05, 4.69) is 38.8 Å². The topological polar surface area (TPSA) is 79.5 Å². The Morgan fingerprint density at radius 2 is 2.04 bits per heavy atom. The van der Waals surface area contributed by atoms with Crippen molar-refractivity contribution in [2.45, 2.75) is 26.3 Å². The Kier molecular flexibility index (Phi) is 6.81. The molecule has 2 rings (SSSR count). The molecule has 0 unspecified atom stereocenters. The van der Waals surface area contributed by atoms with E-state index in [1.165, 1.54) is 0 Å². The van der Waals surface area contributed by atoms with Crippen molar-refractivity contribution >= 4 is 27.9 Å². The summed E-state index contributed by atoms with van der Waals surface area (Å²) in [6.07, 6.45) is 0.885. The second-order valence-electron chi connectivity index (χ2n) is 5.38. The van der Waals surface area contributed by atoms with Crippen molar-refractivity contribution in [3.8, 4) is 0 Å². The maximum Gasteiger partial charge on any atom is 0.337 e. The third-order valence-electron chi connectivity index (χ3n) is 3.78. The molecule has 0 saturated carbocycles. The van der Waals surface area contributed by atoms with Gasteiger partial charge in [0.25, 0.3) is 0 Å². The fourth-order valence-electron chi connectivity index (χ4n) is 2.51. The first-order valence-electron chi connectivity index (χ1n) is 7.98. The van der Waals surface area contributed by atoms with Gasteiger partial charge in [-0.25, -0.2) is 9.59 Å². The van der Waals surface area contributed by atoms with Crippen molar-refractivity contribution in [2.75, 3.05) is 19.7 Å². The van der Waals surface area contributed by atoms with Gasteiger partial charge in [0.1, 0.15) is 0 Å². The van der Waals surface area contributed by atoms with E-state index in [1.54, 1.807) is 6.92 Å². The minimum absolute atomic E-state index is 0.126. The van der Waals surface area contributed by atoms with Gasteiger partial charge in [-0.1, -0.05) is 35.0 Å². The van der Waals surface area contributed by atoms with Crippen molar-refractivity contribution < 1.29 is 14.3 Å². The van der Waals surface area contributed by atoms with Gasteiger partial charge in [0.2, 0.25) is 0 Å². The van der Waals surface area contributed by atoms with Crippen LogP contribution in [-0.4, -0.2) is 31.7 Å². The first-order valence-corrected chi connectivity index (χ1v) is 8.77. The molecule has 1 aromatic carbocycles. The van der Waals surface area contributed by atoms with Crippen LogP contribution in [0, 0.1) is 0 Å². The highest BCUT2D eigenvalue weighted by molar-refractivity contribution is 9.10. The zero-order valence-electron chi connectivity index (χ0n) is 13.8. The maximum absolute atomic E-state index is 12.0. The lowest BCUT2D eigenvalue weighted by Gasteiger charge is -2.24. The lowest BCUT2D eigenvalue weighted by atomic mass is 10.0. The number of hydrogen-bond donors (Lipinski definition) is 3. The van der Waals surface area contributed by atoms with E-state index in [0.29, 0.717) is 24.4 Å². The van der Waals surface area contributed by atoms with Gasteiger partial charge in [-0.3, -0.25) is 0 Å². The summed E-state index contributed by atoms with van der Waals surface area (Å²) in [5.41, 5.74) is 2.17. The van der Waals surface area contributed by atoms with Gasteiger partial charge in [-0.15, -0.1) is 0 Å². The zero-order chi connectivity index (χ0) is 17.5. The first-order chi connectivity index (χ1) is 11.5. The number of carbonyl (C=O) groups excluding carboxylic acids is 2. The second kappa shape index (κ2) is 8.84. The third kappa shape index (κ3) is 4.82. The Morgan fingerprint density at radius 1 is 1.33 bits per heavy atom. The van der Waals surface area contributed by atoms with Crippen molar-refractivity contribution in [2.24, 2.45) is 0 Å². The first kappa shape index (κ1) is 18.5. The summed E-state index contributed by atoms with van der Waals surface area (Å²) in [5.74, 6) is -0.404. The summed E-state index contributed by atoms with van der Waals surface area (Å²) in [7, 11) is 0. The van der Waals surface area contributed by atoms with Crippen LogP contribution < -0.4 is 16.0 Å². The standard InChI is InChI=1S/C17H22BrN3O3/c1-3-14(11-5-7-12(18)8-6-11)19-10-15-13(16(22)24-4-2)9-20-17(23)21-15/h5-8,14,19H,3-4,9-10H2,1-2H3,(H2,20,21,23)/t14-/m1/s1. The molecule has 3 N–H and O–H groups in total. The van der Waals surface area contributed by atoms with Gasteiger partial charge >= 0.3 is 12.0 Å². The molecule has 0 fully saturated rings. The smallest absolute Gasteiger partial charge is 0.337 e. The largest absolute Gasteiger partial charge is 0.463 e. The fraction of sp³-hybridized carbons (Fsp3) is 0.412. The van der Waals surface area contributed by atoms with Gasteiger partial charge in [0, 0.05) is 22.8 Å². The van der Waals surface area contributed by atoms with Gasteiger partial charge in [0.05, 0.1) is 18.7 Å². The number of ether oxygens (including phenoxy) is 1. The molecule has 0 aliphatic carbocycles. The molecular formula is C17H22BrN3O3. The van der Waals surface area contributed by atoms with Gasteiger partial charge in [-0.05, 0) is 31.0 Å². The Morgan fingerprint density at radius 3 is 2.67 bits per heavy atom. The van der Waals surface area contributed by atoms with Crippen LogP contribution in [0.5, 0.6) is 0 Å². The lowest BCUT2D eigenvalue weighted by Crippen LogP contribution is -2.46. The van der Waals surface area contributed by atoms with Gasteiger partial charge in [0.15, 0.2) is 0 Å². The molecule has 2 amide bonds. The number of rotatable bonds is 7. The molecule has 0 radical (unpaired) electrons. The summed E-state index contributed by atoms with van der Waals surface area (Å²) >= 11 is 3.43. The number of amides is 2. The van der Waals surface area contributed by atoms with Crippen LogP contribution in [0.15, 0.2) is 40.0 Å². The third-order valence-corrected chi connectivity index (χ3v) is 4.31. The molecule has 0 aromatic heterocycles. The van der Waals surface area contributed by atoms with Crippen LogP contribution in [0.1, 0.15) is 31.9 Å². The molecule has 1 aromatic rings. The average molecular weight is 396 g/mol. The highest BCUT2D eigenvalue weighted by atomic mass is 79.9. The van der Waals surface area contributed by atoms with Crippen LogP contribution in [-0.2, 0) is 9.53 Å². The van der Waals surface area contributed by atoms with E-state index < -0.39 is 5.97 Å². The highest BCUT2D eigenvalue weighted by Gasteiger charge is 2.24. The van der Waals surface area contributed by atoms with E-state index in [1.807, 2.05) is 24.3 Å². The quantitative estimate of drug-likeness (QED) is 0.620. The van der Waals surface area contributed by atoms with Gasteiger partial charge in [-0.2, -0.15) is 0 Å².